The number of anilines is 1. The molecule has 0 saturated carbocycles. The van der Waals surface area contributed by atoms with Crippen LogP contribution in [0.15, 0.2) is 52.9 Å². The number of aromatic nitrogens is 4. The Balaban J connectivity index is 1.40. The first-order valence-electron chi connectivity index (χ1n) is 10.7. The van der Waals surface area contributed by atoms with E-state index in [1.54, 1.807) is 29.9 Å². The fourth-order valence-corrected chi connectivity index (χ4v) is 4.56. The molecule has 3 aromatic rings. The number of hydrogen-bond donors (Lipinski definition) is 1. The molecule has 1 amide bonds. The van der Waals surface area contributed by atoms with Crippen molar-refractivity contribution in [2.75, 3.05) is 18.0 Å². The van der Waals surface area contributed by atoms with Crippen LogP contribution in [0, 0.1) is 10.1 Å². The molecule has 0 aliphatic carbocycles. The first-order chi connectivity index (χ1) is 16.3. The Morgan fingerprint density at radius 2 is 2.03 bits per heavy atom. The van der Waals surface area contributed by atoms with Crippen LogP contribution in [0.3, 0.4) is 0 Å². The summed E-state index contributed by atoms with van der Waals surface area (Å²) in [6.07, 6.45) is 3.51. The van der Waals surface area contributed by atoms with E-state index >= 15 is 0 Å². The zero-order valence-electron chi connectivity index (χ0n) is 19.0. The third-order valence-corrected chi connectivity index (χ3v) is 6.41. The molecular weight excluding hydrogens is 458 g/mol. The number of hydrogen-bond acceptors (Lipinski definition) is 9. The minimum Gasteiger partial charge on any atom is -0.372 e. The number of carbonyl (C=O) groups excluding carboxylic acids is 1. The summed E-state index contributed by atoms with van der Waals surface area (Å²) in [6, 6.07) is 8.22. The predicted octanol–water partition coefficient (Wildman–Crippen LogP) is 2.81. The summed E-state index contributed by atoms with van der Waals surface area (Å²) in [5.74, 6) is 0.460. The summed E-state index contributed by atoms with van der Waals surface area (Å²) in [5.41, 5.74) is 0.867. The highest BCUT2D eigenvalue weighted by Gasteiger charge is 2.23. The van der Waals surface area contributed by atoms with Crippen molar-refractivity contribution in [3.8, 4) is 0 Å². The predicted molar refractivity (Wildman–Crippen MR) is 126 cm³/mol. The molecule has 1 aliphatic rings. The number of ether oxygens (including phenoxy) is 1. The van der Waals surface area contributed by atoms with Gasteiger partial charge in [-0.1, -0.05) is 6.07 Å². The van der Waals surface area contributed by atoms with E-state index in [1.807, 2.05) is 26.0 Å². The fourth-order valence-electron chi connectivity index (χ4n) is 3.71. The van der Waals surface area contributed by atoms with Gasteiger partial charge in [0.2, 0.25) is 0 Å². The number of pyridine rings is 1. The smallest absolute Gasteiger partial charge is 0.284 e. The second kappa shape index (κ2) is 10.2. The molecule has 12 heteroatoms. The third kappa shape index (κ3) is 5.51. The van der Waals surface area contributed by atoms with Gasteiger partial charge in [-0.2, -0.15) is 0 Å². The van der Waals surface area contributed by atoms with E-state index in [1.165, 1.54) is 12.4 Å². The number of carbonyl (C=O) groups is 1. The number of morpholine rings is 1. The van der Waals surface area contributed by atoms with Crippen LogP contribution in [0.1, 0.15) is 29.8 Å². The van der Waals surface area contributed by atoms with Crippen LogP contribution in [-0.2, 0) is 18.3 Å². The molecule has 1 saturated heterocycles. The van der Waals surface area contributed by atoms with E-state index in [4.69, 9.17) is 4.74 Å². The fraction of sp³-hybridized carbons (Fsp3) is 0.364. The van der Waals surface area contributed by atoms with E-state index in [9.17, 15) is 14.9 Å². The summed E-state index contributed by atoms with van der Waals surface area (Å²) < 4.78 is 7.42. The monoisotopic (exact) mass is 483 g/mol. The van der Waals surface area contributed by atoms with Crippen molar-refractivity contribution in [2.24, 2.45) is 7.05 Å². The van der Waals surface area contributed by atoms with Gasteiger partial charge in [-0.05, 0) is 49.4 Å². The van der Waals surface area contributed by atoms with Gasteiger partial charge in [0, 0.05) is 44.5 Å². The molecule has 178 valence electrons. The van der Waals surface area contributed by atoms with Crippen LogP contribution in [0.25, 0.3) is 0 Å². The molecule has 1 aromatic carbocycles. The van der Waals surface area contributed by atoms with Crippen LogP contribution in [0.2, 0.25) is 0 Å². The van der Waals surface area contributed by atoms with Crippen molar-refractivity contribution < 1.29 is 14.5 Å². The molecule has 1 aliphatic heterocycles. The first kappa shape index (κ1) is 23.6. The molecule has 0 bridgehead atoms. The lowest BCUT2D eigenvalue weighted by molar-refractivity contribution is -0.387. The highest BCUT2D eigenvalue weighted by molar-refractivity contribution is 7.99. The lowest BCUT2D eigenvalue weighted by atomic mass is 10.2. The third-order valence-electron chi connectivity index (χ3n) is 5.29. The normalized spacial score (nSPS) is 18.0. The Kier molecular flexibility index (Phi) is 7.08. The molecule has 1 fully saturated rings. The maximum absolute atomic E-state index is 12.7. The van der Waals surface area contributed by atoms with E-state index in [-0.39, 0.29) is 30.0 Å². The maximum atomic E-state index is 12.7. The highest BCUT2D eigenvalue weighted by Crippen LogP contribution is 2.34. The van der Waals surface area contributed by atoms with Crippen LogP contribution in [0.5, 0.6) is 0 Å². The van der Waals surface area contributed by atoms with Gasteiger partial charge in [-0.25, -0.2) is 4.98 Å². The average molecular weight is 484 g/mol. The van der Waals surface area contributed by atoms with Gasteiger partial charge in [0.15, 0.2) is 5.16 Å². The van der Waals surface area contributed by atoms with Gasteiger partial charge in [0.05, 0.1) is 22.0 Å². The molecule has 2 atom stereocenters. The van der Waals surface area contributed by atoms with Crippen LogP contribution in [-0.4, -0.2) is 55.9 Å². The Labute approximate surface area is 200 Å². The van der Waals surface area contributed by atoms with Crippen molar-refractivity contribution in [3.05, 3.63) is 64.1 Å². The molecular formula is C22H25N7O4S. The lowest BCUT2D eigenvalue weighted by Crippen LogP contribution is -2.45. The molecule has 11 nitrogen and oxygen atoms in total. The minimum absolute atomic E-state index is 0.138. The van der Waals surface area contributed by atoms with Crippen molar-refractivity contribution >= 4 is 29.2 Å². The van der Waals surface area contributed by atoms with Crippen LogP contribution < -0.4 is 10.2 Å². The molecule has 1 N–H and O–H groups in total. The van der Waals surface area contributed by atoms with Crippen LogP contribution >= 0.6 is 11.8 Å². The van der Waals surface area contributed by atoms with Crippen molar-refractivity contribution in [1.82, 2.24) is 25.1 Å². The van der Waals surface area contributed by atoms with Gasteiger partial charge in [0.25, 0.3) is 11.6 Å². The molecule has 4 rings (SSSR count). The quantitative estimate of drug-likeness (QED) is 0.398. The molecule has 34 heavy (non-hydrogen) atoms. The Bertz CT molecular complexity index is 1170. The zero-order valence-corrected chi connectivity index (χ0v) is 19.9. The number of nitro groups is 1. The number of aryl methyl sites for hydroxylation is 1. The van der Waals surface area contributed by atoms with Crippen molar-refractivity contribution in [3.63, 3.8) is 0 Å². The second-order valence-corrected chi connectivity index (χ2v) is 9.14. The molecule has 0 radical (unpaired) electrons. The van der Waals surface area contributed by atoms with Gasteiger partial charge >= 0.3 is 0 Å². The van der Waals surface area contributed by atoms with E-state index in [2.05, 4.69) is 25.4 Å². The van der Waals surface area contributed by atoms with E-state index < -0.39 is 10.8 Å². The van der Waals surface area contributed by atoms with Gasteiger partial charge < -0.3 is 19.5 Å². The number of amides is 1. The second-order valence-electron chi connectivity index (χ2n) is 8.14. The topological polar surface area (TPSA) is 128 Å². The minimum atomic E-state index is -0.508. The lowest BCUT2D eigenvalue weighted by Gasteiger charge is -2.36. The number of rotatable bonds is 7. The number of benzene rings is 1. The Morgan fingerprint density at radius 3 is 2.65 bits per heavy atom. The first-order valence-corrected chi connectivity index (χ1v) is 11.6. The Hall–Kier alpha value is -3.51. The van der Waals surface area contributed by atoms with Crippen LogP contribution in [0.4, 0.5) is 11.5 Å². The van der Waals surface area contributed by atoms with E-state index in [0.29, 0.717) is 10.1 Å². The molecule has 3 heterocycles. The number of nitrogens with zero attached hydrogens (tertiary/aromatic N) is 6. The summed E-state index contributed by atoms with van der Waals surface area (Å²) in [5, 5.41) is 22.6. The van der Waals surface area contributed by atoms with Gasteiger partial charge in [0.1, 0.15) is 12.1 Å². The molecule has 0 spiro atoms. The van der Waals surface area contributed by atoms with Crippen molar-refractivity contribution in [2.45, 2.75) is 42.7 Å². The molecule has 2 aromatic heterocycles. The Morgan fingerprint density at radius 1 is 1.26 bits per heavy atom. The zero-order chi connectivity index (χ0) is 24.2. The molecule has 2 unspecified atom stereocenters. The average Bonchev–Trinajstić information content (AvgIpc) is 3.21. The summed E-state index contributed by atoms with van der Waals surface area (Å²) >= 11 is 1.12. The SMILES string of the molecule is CC1CN(c2ccc(CNC(=O)c3ccc(Sc4nncn4C)c([N+](=O)[O-])c3)cn2)CC(C)O1. The maximum Gasteiger partial charge on any atom is 0.284 e. The summed E-state index contributed by atoms with van der Waals surface area (Å²) in [4.78, 5) is 30.8. The summed E-state index contributed by atoms with van der Waals surface area (Å²) in [7, 11) is 1.75. The largest absolute Gasteiger partial charge is 0.372 e. The van der Waals surface area contributed by atoms with Gasteiger partial charge in [-0.15, -0.1) is 10.2 Å². The van der Waals surface area contributed by atoms with Gasteiger partial charge in [-0.3, -0.25) is 14.9 Å². The standard InChI is InChI=1S/C22H25N7O4S/c1-14-11-28(12-15(2)33-14)20-7-4-16(9-23-20)10-24-21(30)17-5-6-19(18(8-17)29(31)32)34-22-26-25-13-27(22)3/h4-9,13-15H,10-12H2,1-3H3,(H,24,30). The number of nitro benzene ring substituents is 1. The van der Waals surface area contributed by atoms with Crippen molar-refractivity contribution in [1.29, 1.82) is 0 Å². The highest BCUT2D eigenvalue weighted by atomic mass is 32.2. The summed E-state index contributed by atoms with van der Waals surface area (Å²) in [6.45, 7) is 5.88. The number of nitrogens with one attached hydrogen (secondary N) is 1. The van der Waals surface area contributed by atoms with E-state index in [0.717, 1.165) is 36.2 Å².